The molecule has 3 aliphatic rings. The molecule has 3 aliphatic heterocycles. The molecule has 3 rings (SSSR count). The first-order valence-electron chi connectivity index (χ1n) is 31.9. The van der Waals surface area contributed by atoms with Crippen molar-refractivity contribution in [3.05, 3.63) is 0 Å². The lowest BCUT2D eigenvalue weighted by molar-refractivity contribution is -0.386. The average molecular weight is 1180 g/mol. The zero-order valence-corrected chi connectivity index (χ0v) is 49.9. The van der Waals surface area contributed by atoms with Crippen LogP contribution in [0.15, 0.2) is 0 Å². The van der Waals surface area contributed by atoms with E-state index in [-0.39, 0.29) is 12.8 Å². The number of Topliss-reactive ketones (excluding diaryl/α,β-unsaturated/α-hetero) is 1. The Morgan fingerprint density at radius 2 is 0.841 bits per heavy atom. The van der Waals surface area contributed by atoms with Crippen LogP contribution in [0.5, 0.6) is 0 Å². The van der Waals surface area contributed by atoms with E-state index < -0.39 is 154 Å². The van der Waals surface area contributed by atoms with Crippen LogP contribution in [0, 0.1) is 0 Å². The van der Waals surface area contributed by atoms with E-state index >= 15 is 0 Å². The van der Waals surface area contributed by atoms with Crippen molar-refractivity contribution in [2.75, 3.05) is 19.8 Å². The third-order valence-corrected chi connectivity index (χ3v) is 16.6. The van der Waals surface area contributed by atoms with Crippen LogP contribution in [0.25, 0.3) is 0 Å². The van der Waals surface area contributed by atoms with Gasteiger partial charge < -0.3 is 100 Å². The molecule has 0 aromatic carbocycles. The fraction of sp³-hybridized carbons (Fsp3) is 0.967. The predicted molar refractivity (Wildman–Crippen MR) is 304 cm³/mol. The van der Waals surface area contributed by atoms with E-state index in [0.717, 1.165) is 64.2 Å². The number of carbonyl (C=O) groups excluding carboxylic acids is 2. The van der Waals surface area contributed by atoms with Gasteiger partial charge in [0.05, 0.1) is 38.1 Å². The molecule has 0 saturated carbocycles. The number of nitrogens with one attached hydrogen (secondary N) is 1. The molecule has 20 unspecified atom stereocenters. The number of carbonyl (C=O) groups is 2. The quantitative estimate of drug-likeness (QED) is 0.0306. The number of ketones is 1. The molecule has 0 aromatic heterocycles. The minimum absolute atomic E-state index is 0.00348. The standard InChI is InChI=1S/C60H113NO21/c1-4-6-8-10-12-14-16-17-18-19-20-21-22-23-25-27-29-31-33-35-42(65)47(68)51(72)57(76)61-40(46(67)41(64)34-32-30-28-26-24-15-13-11-9-7-5-2)38-77-58-54(75)56(82-59-52(73)49(70)45(66)39(3)78-59)55(44(37-63)80-58)81-60-53(74)50(71)48(69)43(36-62)79-60/h39-46,48-56,58-60,62-67,69-75H,4-38H2,1-3H3,(H,61,76). The topological polar surface area (TPSA) is 365 Å². The van der Waals surface area contributed by atoms with E-state index in [0.29, 0.717) is 12.8 Å². The van der Waals surface area contributed by atoms with E-state index in [2.05, 4.69) is 19.2 Å². The van der Waals surface area contributed by atoms with E-state index in [1.165, 1.54) is 122 Å². The third-order valence-electron chi connectivity index (χ3n) is 16.6. The zero-order valence-electron chi connectivity index (χ0n) is 49.9. The molecule has 22 heteroatoms. The summed E-state index contributed by atoms with van der Waals surface area (Å²) in [5, 5.41) is 143. The smallest absolute Gasteiger partial charge is 0.257 e. The molecule has 0 bridgehead atoms. The minimum Gasteiger partial charge on any atom is -0.394 e. The Morgan fingerprint density at radius 1 is 0.451 bits per heavy atom. The number of hydrogen-bond donors (Lipinski definition) is 14. The second-order valence-electron chi connectivity index (χ2n) is 23.6. The predicted octanol–water partition coefficient (Wildman–Crippen LogP) is 3.50. The number of hydrogen-bond acceptors (Lipinski definition) is 21. The monoisotopic (exact) mass is 1180 g/mol. The fourth-order valence-corrected chi connectivity index (χ4v) is 11.1. The van der Waals surface area contributed by atoms with Crippen molar-refractivity contribution in [1.82, 2.24) is 5.32 Å². The van der Waals surface area contributed by atoms with Crippen LogP contribution in [-0.2, 0) is 38.0 Å². The van der Waals surface area contributed by atoms with Gasteiger partial charge in [-0.1, -0.05) is 206 Å². The summed E-state index contributed by atoms with van der Waals surface area (Å²) in [6.45, 7) is 3.20. The summed E-state index contributed by atoms with van der Waals surface area (Å²) in [7, 11) is 0. The maximum absolute atomic E-state index is 13.6. The van der Waals surface area contributed by atoms with Crippen molar-refractivity contribution in [1.29, 1.82) is 0 Å². The van der Waals surface area contributed by atoms with Gasteiger partial charge in [-0.25, -0.2) is 0 Å². The van der Waals surface area contributed by atoms with Gasteiger partial charge in [0.25, 0.3) is 5.91 Å². The van der Waals surface area contributed by atoms with Crippen LogP contribution in [0.2, 0.25) is 0 Å². The van der Waals surface area contributed by atoms with Crippen molar-refractivity contribution in [3.8, 4) is 0 Å². The second-order valence-corrected chi connectivity index (χ2v) is 23.6. The molecule has 82 heavy (non-hydrogen) atoms. The van der Waals surface area contributed by atoms with Crippen molar-refractivity contribution < 1.29 is 104 Å². The highest BCUT2D eigenvalue weighted by Gasteiger charge is 2.54. The molecule has 3 saturated heterocycles. The van der Waals surface area contributed by atoms with Gasteiger partial charge in [-0.05, 0) is 19.8 Å². The van der Waals surface area contributed by atoms with Crippen LogP contribution in [0.1, 0.15) is 226 Å². The number of ether oxygens (including phenoxy) is 6. The number of aliphatic hydroxyl groups excluding tert-OH is 13. The van der Waals surface area contributed by atoms with E-state index in [1.54, 1.807) is 0 Å². The molecule has 484 valence electrons. The van der Waals surface area contributed by atoms with Crippen LogP contribution in [0.4, 0.5) is 0 Å². The summed E-state index contributed by atoms with van der Waals surface area (Å²) in [5.41, 5.74) is 0. The molecule has 0 spiro atoms. The Kier molecular flexibility index (Phi) is 39.2. The molecule has 0 radical (unpaired) electrons. The summed E-state index contributed by atoms with van der Waals surface area (Å²) in [6.07, 6.45) is 0.128. The van der Waals surface area contributed by atoms with Gasteiger partial charge in [-0.2, -0.15) is 0 Å². The highest BCUT2D eigenvalue weighted by atomic mass is 16.8. The first-order valence-corrected chi connectivity index (χ1v) is 31.9. The summed E-state index contributed by atoms with van der Waals surface area (Å²) in [4.78, 5) is 26.9. The van der Waals surface area contributed by atoms with Crippen LogP contribution in [-0.4, -0.2) is 220 Å². The second kappa shape index (κ2) is 43.1. The Bertz CT molecular complexity index is 1620. The number of aliphatic hydroxyl groups is 13. The SMILES string of the molecule is CCCCCCCCCCCCCCCCCCCCCC(O)C(=O)C(O)C(=O)NC(COC1OC(CO)C(OC2OC(CO)C(O)C(O)C2O)C(OC2OC(C)C(O)C(O)C2O)C1O)C(O)C(O)CCCCCCCCCCCCC. The Morgan fingerprint density at radius 3 is 1.29 bits per heavy atom. The third kappa shape index (κ3) is 26.4. The summed E-state index contributed by atoms with van der Waals surface area (Å²) >= 11 is 0. The summed E-state index contributed by atoms with van der Waals surface area (Å²) in [6, 6.07) is -1.62. The minimum atomic E-state index is -2.39. The molecule has 0 aliphatic carbocycles. The van der Waals surface area contributed by atoms with Gasteiger partial charge in [-0.3, -0.25) is 9.59 Å². The van der Waals surface area contributed by atoms with E-state index in [4.69, 9.17) is 28.4 Å². The summed E-state index contributed by atoms with van der Waals surface area (Å²) < 4.78 is 34.9. The van der Waals surface area contributed by atoms with Crippen molar-refractivity contribution in [2.24, 2.45) is 0 Å². The lowest BCUT2D eigenvalue weighted by Crippen LogP contribution is -2.67. The molecule has 22 nitrogen and oxygen atoms in total. The summed E-state index contributed by atoms with van der Waals surface area (Å²) in [5.74, 6) is -2.49. The maximum Gasteiger partial charge on any atom is 0.257 e. The lowest BCUT2D eigenvalue weighted by Gasteiger charge is -2.49. The fourth-order valence-electron chi connectivity index (χ4n) is 11.1. The number of unbranched alkanes of at least 4 members (excludes halogenated alkanes) is 28. The van der Waals surface area contributed by atoms with Gasteiger partial charge in [0.15, 0.2) is 30.8 Å². The Hall–Kier alpha value is -1.62. The van der Waals surface area contributed by atoms with Gasteiger partial charge in [0, 0.05) is 0 Å². The molecular weight excluding hydrogens is 1070 g/mol. The van der Waals surface area contributed by atoms with Crippen molar-refractivity contribution in [3.63, 3.8) is 0 Å². The van der Waals surface area contributed by atoms with E-state index in [1.807, 2.05) is 0 Å². The number of rotatable bonds is 47. The molecule has 20 atom stereocenters. The number of amides is 1. The highest BCUT2D eigenvalue weighted by Crippen LogP contribution is 2.34. The van der Waals surface area contributed by atoms with Crippen molar-refractivity contribution >= 4 is 11.7 Å². The first-order chi connectivity index (χ1) is 39.4. The first kappa shape index (κ1) is 74.6. The lowest BCUT2D eigenvalue weighted by atomic mass is 9.96. The molecular formula is C60H113NO21. The van der Waals surface area contributed by atoms with Gasteiger partial charge in [0.1, 0.15) is 79.4 Å². The van der Waals surface area contributed by atoms with Gasteiger partial charge >= 0.3 is 0 Å². The molecule has 1 amide bonds. The van der Waals surface area contributed by atoms with Crippen LogP contribution >= 0.6 is 0 Å². The Balaban J connectivity index is 1.64. The highest BCUT2D eigenvalue weighted by molar-refractivity contribution is 6.05. The largest absolute Gasteiger partial charge is 0.394 e. The van der Waals surface area contributed by atoms with Gasteiger partial charge in [0.2, 0.25) is 0 Å². The molecule has 3 heterocycles. The zero-order chi connectivity index (χ0) is 60.4. The normalized spacial score (nSPS) is 30.7. The van der Waals surface area contributed by atoms with E-state index in [9.17, 15) is 76.0 Å². The average Bonchev–Trinajstić information content (AvgIpc) is 3.56. The molecule has 0 aromatic rings. The van der Waals surface area contributed by atoms with Crippen LogP contribution < -0.4 is 5.32 Å². The van der Waals surface area contributed by atoms with Gasteiger partial charge in [-0.15, -0.1) is 0 Å². The van der Waals surface area contributed by atoms with Crippen LogP contribution in [0.3, 0.4) is 0 Å². The molecule has 14 N–H and O–H groups in total. The van der Waals surface area contributed by atoms with Crippen molar-refractivity contribution in [2.45, 2.75) is 349 Å². The maximum atomic E-state index is 13.6. The molecule has 3 fully saturated rings. The Labute approximate surface area is 488 Å².